The van der Waals surface area contributed by atoms with Crippen molar-refractivity contribution in [1.29, 1.82) is 0 Å². The summed E-state index contributed by atoms with van der Waals surface area (Å²) in [7, 11) is 1.56. The molecule has 0 amide bonds. The first kappa shape index (κ1) is 26.3. The number of alkyl halides is 3. The average Bonchev–Trinajstić information content (AvgIpc) is 3.57. The number of halogens is 3. The zero-order valence-electron chi connectivity index (χ0n) is 21.7. The van der Waals surface area contributed by atoms with Gasteiger partial charge in [-0.05, 0) is 61.2 Å². The lowest BCUT2D eigenvalue weighted by Gasteiger charge is -2.61. The summed E-state index contributed by atoms with van der Waals surface area (Å²) in [5.74, 6) is -3.33. The van der Waals surface area contributed by atoms with Crippen molar-refractivity contribution in [3.63, 3.8) is 0 Å². The third-order valence-corrected chi connectivity index (χ3v) is 10.7. The first-order chi connectivity index (χ1) is 17.9. The summed E-state index contributed by atoms with van der Waals surface area (Å²) in [4.78, 5) is 24.7. The van der Waals surface area contributed by atoms with Crippen LogP contribution in [0.25, 0.3) is 0 Å². The van der Waals surface area contributed by atoms with E-state index in [4.69, 9.17) is 28.4 Å². The Labute approximate surface area is 218 Å². The average molecular weight is 543 g/mol. The molecule has 4 fully saturated rings. The van der Waals surface area contributed by atoms with Crippen LogP contribution in [0.15, 0.2) is 23.0 Å². The summed E-state index contributed by atoms with van der Waals surface area (Å²) >= 11 is 0. The standard InChI is InChI=1S/C27H33F3O8/c1-23-6-4-16(33-3)9-19(23)15(11-31)8-17-18-5-7-25(26(37-14-35-25)12-34-13-36-26)24(18,2)10-20(21(17)23)38-22(32)27(28,29)30/h9,11,17-18,20-21H,4-8,10,12-14H2,1-3H3/t17-,18-,20+,21+,23-,24-,25+,26+/m0/s1. The lowest BCUT2D eigenvalue weighted by Crippen LogP contribution is -2.66. The molecule has 2 aliphatic heterocycles. The zero-order valence-corrected chi connectivity index (χ0v) is 21.7. The highest BCUT2D eigenvalue weighted by atomic mass is 19.4. The van der Waals surface area contributed by atoms with Crippen LogP contribution >= 0.6 is 0 Å². The highest BCUT2D eigenvalue weighted by molar-refractivity contribution is 5.78. The molecule has 0 radical (unpaired) electrons. The predicted octanol–water partition coefficient (Wildman–Crippen LogP) is 4.19. The SMILES string of the molecule is COC1=CC2=C(C=O)C[C@@H]3[C@H]([C@H](OC(=O)C(F)(F)F)C[C@@]4(C)[C@H]3CC[C@@]43OCO[C@]34COCO4)[C@@]2(C)CC1. The molecule has 2 saturated heterocycles. The molecule has 11 heteroatoms. The molecule has 210 valence electrons. The third-order valence-electron chi connectivity index (χ3n) is 10.7. The van der Waals surface area contributed by atoms with E-state index in [0.29, 0.717) is 37.7 Å². The van der Waals surface area contributed by atoms with Crippen LogP contribution in [0.3, 0.4) is 0 Å². The Kier molecular flexibility index (Phi) is 5.89. The fourth-order valence-corrected chi connectivity index (χ4v) is 9.15. The minimum Gasteiger partial charge on any atom is -0.501 e. The van der Waals surface area contributed by atoms with Crippen LogP contribution in [0.5, 0.6) is 0 Å². The largest absolute Gasteiger partial charge is 0.501 e. The number of carbonyl (C=O) groups is 2. The number of hydrogen-bond donors (Lipinski definition) is 0. The van der Waals surface area contributed by atoms with Crippen molar-refractivity contribution in [1.82, 2.24) is 0 Å². The van der Waals surface area contributed by atoms with Crippen molar-refractivity contribution >= 4 is 12.3 Å². The second kappa shape index (κ2) is 8.52. The van der Waals surface area contributed by atoms with E-state index in [0.717, 1.165) is 17.6 Å². The van der Waals surface area contributed by atoms with Crippen LogP contribution in [0.1, 0.15) is 52.4 Å². The van der Waals surface area contributed by atoms with Gasteiger partial charge < -0.3 is 28.4 Å². The van der Waals surface area contributed by atoms with E-state index >= 15 is 0 Å². The number of methoxy groups -OCH3 is 1. The molecule has 0 bridgehead atoms. The van der Waals surface area contributed by atoms with Crippen LogP contribution in [-0.4, -0.2) is 63.2 Å². The number of esters is 1. The van der Waals surface area contributed by atoms with Gasteiger partial charge in [-0.25, -0.2) is 4.79 Å². The summed E-state index contributed by atoms with van der Waals surface area (Å²) in [6.45, 7) is 4.11. The zero-order chi connectivity index (χ0) is 27.1. The number of carbonyl (C=O) groups excluding carboxylic acids is 2. The molecular formula is C27H33F3O8. The topological polar surface area (TPSA) is 89.5 Å². The summed E-state index contributed by atoms with van der Waals surface area (Å²) in [5.41, 5.74) is -1.04. The quantitative estimate of drug-likeness (QED) is 0.388. The lowest BCUT2D eigenvalue weighted by molar-refractivity contribution is -0.262. The highest BCUT2D eigenvalue weighted by Gasteiger charge is 2.77. The van der Waals surface area contributed by atoms with Crippen molar-refractivity contribution in [2.24, 2.45) is 28.6 Å². The Morgan fingerprint density at radius 3 is 2.58 bits per heavy atom. The number of hydrogen-bond acceptors (Lipinski definition) is 8. The van der Waals surface area contributed by atoms with E-state index in [2.05, 4.69) is 0 Å². The lowest BCUT2D eigenvalue weighted by atomic mass is 9.45. The van der Waals surface area contributed by atoms with Gasteiger partial charge >= 0.3 is 12.1 Å². The summed E-state index contributed by atoms with van der Waals surface area (Å²) < 4.78 is 75.3. The molecule has 6 aliphatic rings. The van der Waals surface area contributed by atoms with Crippen molar-refractivity contribution in [3.05, 3.63) is 23.0 Å². The number of fused-ring (bicyclic) bond motifs is 7. The number of ether oxygens (including phenoxy) is 6. The molecule has 0 N–H and O–H groups in total. The maximum atomic E-state index is 13.5. The van der Waals surface area contributed by atoms with Crippen molar-refractivity contribution < 1.29 is 51.2 Å². The molecule has 6 rings (SSSR count). The van der Waals surface area contributed by atoms with E-state index in [1.165, 1.54) is 0 Å². The Morgan fingerprint density at radius 1 is 1.16 bits per heavy atom. The minimum atomic E-state index is -5.13. The van der Waals surface area contributed by atoms with E-state index in [-0.39, 0.29) is 38.4 Å². The second-order valence-electron chi connectivity index (χ2n) is 12.0. The van der Waals surface area contributed by atoms with Gasteiger partial charge in [0.25, 0.3) is 0 Å². The first-order valence-corrected chi connectivity index (χ1v) is 13.2. The van der Waals surface area contributed by atoms with Crippen LogP contribution in [0.2, 0.25) is 0 Å². The van der Waals surface area contributed by atoms with Crippen molar-refractivity contribution in [2.45, 2.75) is 76.0 Å². The number of aldehydes is 1. The molecule has 0 aromatic heterocycles. The van der Waals surface area contributed by atoms with Gasteiger partial charge in [0.2, 0.25) is 5.79 Å². The van der Waals surface area contributed by atoms with Crippen LogP contribution in [0, 0.1) is 28.6 Å². The monoisotopic (exact) mass is 542 g/mol. The maximum Gasteiger partial charge on any atom is 0.490 e. The number of rotatable bonds is 3. The molecule has 0 aromatic rings. The predicted molar refractivity (Wildman–Crippen MR) is 123 cm³/mol. The molecule has 8 atom stereocenters. The fraction of sp³-hybridized carbons (Fsp3) is 0.778. The third kappa shape index (κ3) is 3.31. The van der Waals surface area contributed by atoms with Gasteiger partial charge in [-0.15, -0.1) is 0 Å². The molecule has 0 unspecified atom stereocenters. The summed E-state index contributed by atoms with van der Waals surface area (Å²) in [6.07, 6.45) is -0.558. The normalized spacial score (nSPS) is 46.0. The summed E-state index contributed by atoms with van der Waals surface area (Å²) in [5, 5.41) is 0. The van der Waals surface area contributed by atoms with Crippen LogP contribution in [0.4, 0.5) is 13.2 Å². The van der Waals surface area contributed by atoms with Gasteiger partial charge in [-0.3, -0.25) is 4.79 Å². The van der Waals surface area contributed by atoms with E-state index in [1.54, 1.807) is 7.11 Å². The maximum absolute atomic E-state index is 13.5. The second-order valence-corrected chi connectivity index (χ2v) is 12.0. The van der Waals surface area contributed by atoms with Gasteiger partial charge in [0, 0.05) is 23.2 Å². The highest BCUT2D eigenvalue weighted by Crippen LogP contribution is 2.72. The van der Waals surface area contributed by atoms with Gasteiger partial charge in [0.15, 0.2) is 13.6 Å². The van der Waals surface area contributed by atoms with E-state index in [9.17, 15) is 22.8 Å². The van der Waals surface area contributed by atoms with Gasteiger partial charge in [-0.1, -0.05) is 13.8 Å². The Bertz CT molecular complexity index is 1090. The first-order valence-electron chi connectivity index (χ1n) is 13.2. The summed E-state index contributed by atoms with van der Waals surface area (Å²) in [6, 6.07) is 0. The van der Waals surface area contributed by atoms with Crippen LogP contribution < -0.4 is 0 Å². The van der Waals surface area contributed by atoms with E-state index < -0.39 is 46.4 Å². The molecule has 2 spiro atoms. The molecule has 4 aliphatic carbocycles. The Hall–Kier alpha value is -1.95. The van der Waals surface area contributed by atoms with E-state index in [1.807, 2.05) is 19.9 Å². The molecule has 2 saturated carbocycles. The van der Waals surface area contributed by atoms with Gasteiger partial charge in [-0.2, -0.15) is 13.2 Å². The van der Waals surface area contributed by atoms with Gasteiger partial charge in [0.05, 0.1) is 12.9 Å². The molecule has 2 heterocycles. The van der Waals surface area contributed by atoms with Gasteiger partial charge in [0.1, 0.15) is 24.6 Å². The molecule has 38 heavy (non-hydrogen) atoms. The molecule has 8 nitrogen and oxygen atoms in total. The smallest absolute Gasteiger partial charge is 0.490 e. The minimum absolute atomic E-state index is 0.0258. The molecule has 0 aromatic carbocycles. The van der Waals surface area contributed by atoms with Crippen molar-refractivity contribution in [2.75, 3.05) is 27.3 Å². The Balaban J connectivity index is 1.49. The Morgan fingerprint density at radius 2 is 1.92 bits per heavy atom. The number of allylic oxidation sites excluding steroid dienone is 4. The fourth-order valence-electron chi connectivity index (χ4n) is 9.15. The molecular weight excluding hydrogens is 509 g/mol. The van der Waals surface area contributed by atoms with Crippen LogP contribution in [-0.2, 0) is 38.0 Å². The van der Waals surface area contributed by atoms with Crippen molar-refractivity contribution in [3.8, 4) is 0 Å².